The molecule has 1 heterocycles. The maximum absolute atomic E-state index is 12.0. The summed E-state index contributed by atoms with van der Waals surface area (Å²) in [7, 11) is 0. The molecule has 0 spiro atoms. The molecule has 1 aromatic heterocycles. The van der Waals surface area contributed by atoms with Crippen LogP contribution in [0, 0.1) is 11.3 Å². The Balaban J connectivity index is 1.47. The average Bonchev–Trinajstić information content (AvgIpc) is 3.19. The van der Waals surface area contributed by atoms with Gasteiger partial charge >= 0.3 is 5.97 Å². The maximum Gasteiger partial charge on any atom is 0.316 e. The summed E-state index contributed by atoms with van der Waals surface area (Å²) in [6.45, 7) is -0.346. The quantitative estimate of drug-likeness (QED) is 0.621. The van der Waals surface area contributed by atoms with Crippen LogP contribution in [0.5, 0.6) is 0 Å². The first-order valence-electron chi connectivity index (χ1n) is 7.85. The average molecular weight is 372 g/mol. The molecule has 1 aliphatic rings. The van der Waals surface area contributed by atoms with E-state index in [1.54, 1.807) is 0 Å². The number of nitrogens with one attached hydrogen (secondary N) is 1. The van der Waals surface area contributed by atoms with E-state index >= 15 is 0 Å². The molecule has 0 aliphatic heterocycles. The topological polar surface area (TPSA) is 79.2 Å². The highest BCUT2D eigenvalue weighted by Crippen LogP contribution is 2.38. The van der Waals surface area contributed by atoms with E-state index in [0.717, 1.165) is 29.7 Å². The third kappa shape index (κ3) is 4.41. The van der Waals surface area contributed by atoms with Gasteiger partial charge in [-0.3, -0.25) is 9.59 Å². The molecule has 128 valence electrons. The van der Waals surface area contributed by atoms with Gasteiger partial charge in [0, 0.05) is 9.77 Å². The highest BCUT2D eigenvalue weighted by molar-refractivity contribution is 8.00. The van der Waals surface area contributed by atoms with E-state index in [4.69, 9.17) is 4.74 Å². The van der Waals surface area contributed by atoms with Gasteiger partial charge < -0.3 is 10.1 Å². The van der Waals surface area contributed by atoms with Crippen molar-refractivity contribution in [1.82, 2.24) is 0 Å². The van der Waals surface area contributed by atoms with Crippen molar-refractivity contribution in [2.24, 2.45) is 0 Å². The van der Waals surface area contributed by atoms with Crippen molar-refractivity contribution in [2.45, 2.75) is 24.2 Å². The predicted molar refractivity (Wildman–Crippen MR) is 97.8 cm³/mol. The molecule has 0 radical (unpaired) electrons. The zero-order valence-electron chi connectivity index (χ0n) is 13.4. The monoisotopic (exact) mass is 372 g/mol. The van der Waals surface area contributed by atoms with Gasteiger partial charge in [0.15, 0.2) is 6.61 Å². The normalized spacial score (nSPS) is 12.3. The van der Waals surface area contributed by atoms with Crippen LogP contribution in [0.1, 0.15) is 22.4 Å². The summed E-state index contributed by atoms with van der Waals surface area (Å²) in [6, 6.07) is 11.7. The minimum Gasteiger partial charge on any atom is -0.455 e. The smallest absolute Gasteiger partial charge is 0.316 e. The summed E-state index contributed by atoms with van der Waals surface area (Å²) in [4.78, 5) is 25.9. The summed E-state index contributed by atoms with van der Waals surface area (Å²) in [5.74, 6) is -0.721. The molecule has 0 saturated carbocycles. The molecule has 1 aromatic carbocycles. The standard InChI is InChI=1S/C18H16N2O3S2/c19-9-14-13-7-4-8-15(13)25-18(14)20-16(21)10-23-17(22)11-24-12-5-2-1-3-6-12/h1-3,5-6H,4,7-8,10-11H2,(H,20,21). The maximum atomic E-state index is 12.0. The largest absolute Gasteiger partial charge is 0.455 e. The van der Waals surface area contributed by atoms with Crippen LogP contribution in [-0.2, 0) is 27.2 Å². The summed E-state index contributed by atoms with van der Waals surface area (Å²) < 4.78 is 5.00. The Kier molecular flexibility index (Phi) is 5.74. The van der Waals surface area contributed by atoms with Crippen molar-refractivity contribution < 1.29 is 14.3 Å². The number of esters is 1. The van der Waals surface area contributed by atoms with Crippen molar-refractivity contribution in [3.8, 4) is 6.07 Å². The van der Waals surface area contributed by atoms with Gasteiger partial charge in [-0.05, 0) is 37.0 Å². The molecule has 0 bridgehead atoms. The van der Waals surface area contributed by atoms with E-state index in [1.165, 1.54) is 28.0 Å². The van der Waals surface area contributed by atoms with Gasteiger partial charge in [0.05, 0.1) is 11.3 Å². The molecular weight excluding hydrogens is 356 g/mol. The fourth-order valence-electron chi connectivity index (χ4n) is 2.62. The second-order valence-corrected chi connectivity index (χ2v) is 7.64. The number of hydrogen-bond donors (Lipinski definition) is 1. The SMILES string of the molecule is N#Cc1c(NC(=O)COC(=O)CSc2ccccc2)sc2c1CCC2. The van der Waals surface area contributed by atoms with Crippen molar-refractivity contribution in [3.63, 3.8) is 0 Å². The Morgan fingerprint density at radius 2 is 2.08 bits per heavy atom. The van der Waals surface area contributed by atoms with Crippen LogP contribution in [-0.4, -0.2) is 24.2 Å². The second-order valence-electron chi connectivity index (χ2n) is 5.48. The number of nitriles is 1. The van der Waals surface area contributed by atoms with Gasteiger partial charge in [-0.15, -0.1) is 23.1 Å². The van der Waals surface area contributed by atoms with E-state index in [-0.39, 0.29) is 12.4 Å². The van der Waals surface area contributed by atoms with Gasteiger partial charge in [0.1, 0.15) is 11.1 Å². The minimum atomic E-state index is -0.446. The highest BCUT2D eigenvalue weighted by atomic mass is 32.2. The van der Waals surface area contributed by atoms with E-state index < -0.39 is 11.9 Å². The summed E-state index contributed by atoms with van der Waals surface area (Å²) in [5, 5.41) is 12.6. The fraction of sp³-hybridized carbons (Fsp3) is 0.278. The van der Waals surface area contributed by atoms with E-state index in [0.29, 0.717) is 10.6 Å². The summed E-state index contributed by atoms with van der Waals surface area (Å²) >= 11 is 2.80. The minimum absolute atomic E-state index is 0.147. The number of nitrogens with zero attached hydrogens (tertiary/aromatic N) is 1. The zero-order chi connectivity index (χ0) is 17.6. The number of hydrogen-bond acceptors (Lipinski definition) is 6. The number of thiophene rings is 1. The molecule has 2 aromatic rings. The van der Waals surface area contributed by atoms with Crippen molar-refractivity contribution in [2.75, 3.05) is 17.7 Å². The van der Waals surface area contributed by atoms with Crippen molar-refractivity contribution in [1.29, 1.82) is 5.26 Å². The Hall–Kier alpha value is -2.30. The lowest BCUT2D eigenvalue weighted by Crippen LogP contribution is -2.21. The van der Waals surface area contributed by atoms with Crippen LogP contribution in [0.25, 0.3) is 0 Å². The lowest BCUT2D eigenvalue weighted by atomic mass is 10.1. The molecule has 1 aliphatic carbocycles. The van der Waals surface area contributed by atoms with Gasteiger partial charge in [-0.25, -0.2) is 0 Å². The van der Waals surface area contributed by atoms with Crippen LogP contribution in [0.15, 0.2) is 35.2 Å². The third-order valence-electron chi connectivity index (χ3n) is 3.75. The van der Waals surface area contributed by atoms with Gasteiger partial charge in [-0.2, -0.15) is 5.26 Å². The Morgan fingerprint density at radius 3 is 2.84 bits per heavy atom. The van der Waals surface area contributed by atoms with Crippen LogP contribution in [0.3, 0.4) is 0 Å². The number of anilines is 1. The van der Waals surface area contributed by atoms with Gasteiger partial charge in [-0.1, -0.05) is 18.2 Å². The molecule has 0 fully saturated rings. The van der Waals surface area contributed by atoms with Crippen LogP contribution in [0.2, 0.25) is 0 Å². The molecule has 1 N–H and O–H groups in total. The molecule has 0 saturated heterocycles. The molecule has 1 amide bonds. The number of ether oxygens (including phenoxy) is 1. The number of rotatable bonds is 6. The first-order valence-corrected chi connectivity index (χ1v) is 9.65. The third-order valence-corrected chi connectivity index (χ3v) is 5.94. The first kappa shape index (κ1) is 17.5. The molecule has 5 nitrogen and oxygen atoms in total. The Bertz CT molecular complexity index is 825. The molecule has 7 heteroatoms. The second kappa shape index (κ2) is 8.19. The number of amides is 1. The van der Waals surface area contributed by atoms with Crippen LogP contribution in [0.4, 0.5) is 5.00 Å². The lowest BCUT2D eigenvalue weighted by Gasteiger charge is -2.06. The van der Waals surface area contributed by atoms with Gasteiger partial charge in [0.2, 0.25) is 0 Å². The summed E-state index contributed by atoms with van der Waals surface area (Å²) in [6.07, 6.45) is 2.90. The molecular formula is C18H16N2O3S2. The molecule has 25 heavy (non-hydrogen) atoms. The molecule has 0 unspecified atom stereocenters. The number of aryl methyl sites for hydroxylation is 1. The molecule has 3 rings (SSSR count). The number of thioether (sulfide) groups is 1. The molecule has 0 atom stereocenters. The van der Waals surface area contributed by atoms with Crippen molar-refractivity contribution >= 4 is 40.0 Å². The Morgan fingerprint density at radius 1 is 1.28 bits per heavy atom. The van der Waals surface area contributed by atoms with E-state index in [1.807, 2.05) is 30.3 Å². The predicted octanol–water partition coefficient (Wildman–Crippen LogP) is 3.38. The van der Waals surface area contributed by atoms with Crippen molar-refractivity contribution in [3.05, 3.63) is 46.3 Å². The van der Waals surface area contributed by atoms with Gasteiger partial charge in [0.25, 0.3) is 5.91 Å². The van der Waals surface area contributed by atoms with Crippen LogP contribution >= 0.6 is 23.1 Å². The summed E-state index contributed by atoms with van der Waals surface area (Å²) in [5.41, 5.74) is 1.61. The van der Waals surface area contributed by atoms with E-state index in [9.17, 15) is 14.9 Å². The van der Waals surface area contributed by atoms with E-state index in [2.05, 4.69) is 11.4 Å². The Labute approximate surface area is 154 Å². The highest BCUT2D eigenvalue weighted by Gasteiger charge is 2.23. The fourth-order valence-corrected chi connectivity index (χ4v) is 4.59. The zero-order valence-corrected chi connectivity index (χ0v) is 15.0. The van der Waals surface area contributed by atoms with Crippen LogP contribution < -0.4 is 5.32 Å². The number of fused-ring (bicyclic) bond motifs is 1. The first-order chi connectivity index (χ1) is 12.2. The number of carbonyl (C=O) groups excluding carboxylic acids is 2. The lowest BCUT2D eigenvalue weighted by molar-refractivity contribution is -0.144. The number of carbonyl (C=O) groups is 2. The number of benzene rings is 1.